The summed E-state index contributed by atoms with van der Waals surface area (Å²) in [4.78, 5) is 10.7. The second-order valence-electron chi connectivity index (χ2n) is 4.32. The zero-order valence-corrected chi connectivity index (χ0v) is 9.73. The first-order chi connectivity index (χ1) is 7.53. The summed E-state index contributed by atoms with van der Waals surface area (Å²) < 4.78 is 20.6. The Bertz CT molecular complexity index is 239. The van der Waals surface area contributed by atoms with Gasteiger partial charge in [-0.25, -0.2) is 4.79 Å². The highest BCUT2D eigenvalue weighted by Crippen LogP contribution is 2.22. The van der Waals surface area contributed by atoms with E-state index in [-0.39, 0.29) is 18.6 Å². The molecule has 0 aliphatic carbocycles. The molecular weight excluding hydrogens is 212 g/mol. The van der Waals surface area contributed by atoms with Gasteiger partial charge in [0.25, 0.3) is 6.48 Å². The molecular formula is C11H18O5. The van der Waals surface area contributed by atoms with Crippen LogP contribution >= 0.6 is 0 Å². The maximum Gasteiger partial charge on any atom is 0.330 e. The van der Waals surface area contributed by atoms with E-state index in [4.69, 9.17) is 18.9 Å². The van der Waals surface area contributed by atoms with Crippen LogP contribution in [0.4, 0.5) is 0 Å². The minimum absolute atomic E-state index is 0.0230. The Morgan fingerprint density at radius 2 is 2.06 bits per heavy atom. The third kappa shape index (κ3) is 4.74. The fourth-order valence-electron chi connectivity index (χ4n) is 1.12. The van der Waals surface area contributed by atoms with Gasteiger partial charge in [0.1, 0.15) is 6.61 Å². The van der Waals surface area contributed by atoms with Gasteiger partial charge in [-0.2, -0.15) is 0 Å². The highest BCUT2D eigenvalue weighted by Gasteiger charge is 2.28. The average Bonchev–Trinajstić information content (AvgIpc) is 2.26. The molecule has 0 N–H and O–H groups in total. The summed E-state index contributed by atoms with van der Waals surface area (Å²) >= 11 is 0. The number of carbonyl (C=O) groups is 1. The van der Waals surface area contributed by atoms with Gasteiger partial charge in [-0.15, -0.1) is 0 Å². The van der Waals surface area contributed by atoms with Crippen molar-refractivity contribution in [3.63, 3.8) is 0 Å². The Morgan fingerprint density at radius 3 is 2.62 bits per heavy atom. The monoisotopic (exact) mass is 230 g/mol. The molecule has 0 bridgehead atoms. The van der Waals surface area contributed by atoms with Crippen LogP contribution in [0.25, 0.3) is 0 Å². The Morgan fingerprint density at radius 1 is 1.44 bits per heavy atom. The highest BCUT2D eigenvalue weighted by atomic mass is 16.8. The number of hydrogen-bond acceptors (Lipinski definition) is 5. The normalized spacial score (nSPS) is 20.4. The molecule has 1 aliphatic rings. The Balaban J connectivity index is 2.07. The molecule has 5 heteroatoms. The third-order valence-electron chi connectivity index (χ3n) is 1.97. The number of rotatable bonds is 5. The van der Waals surface area contributed by atoms with E-state index in [0.717, 1.165) is 6.08 Å². The molecule has 0 aromatic carbocycles. The van der Waals surface area contributed by atoms with E-state index in [1.54, 1.807) is 0 Å². The lowest BCUT2D eigenvalue weighted by Gasteiger charge is -2.33. The van der Waals surface area contributed by atoms with Gasteiger partial charge in [-0.1, -0.05) is 20.4 Å². The van der Waals surface area contributed by atoms with E-state index in [2.05, 4.69) is 20.4 Å². The topological polar surface area (TPSA) is 54.0 Å². The molecule has 1 aliphatic heterocycles. The zero-order chi connectivity index (χ0) is 12.0. The van der Waals surface area contributed by atoms with Crippen molar-refractivity contribution in [2.75, 3.05) is 26.4 Å². The van der Waals surface area contributed by atoms with E-state index in [1.807, 2.05) is 0 Å². The second-order valence-corrected chi connectivity index (χ2v) is 4.32. The molecule has 5 nitrogen and oxygen atoms in total. The molecule has 0 aromatic rings. The van der Waals surface area contributed by atoms with Gasteiger partial charge in [-0.05, 0) is 0 Å². The first-order valence-corrected chi connectivity index (χ1v) is 5.17. The van der Waals surface area contributed by atoms with Crippen molar-refractivity contribution < 1.29 is 23.7 Å². The molecule has 0 atom stereocenters. The average molecular weight is 230 g/mol. The van der Waals surface area contributed by atoms with Gasteiger partial charge in [0.05, 0.1) is 19.8 Å². The molecule has 16 heavy (non-hydrogen) atoms. The van der Waals surface area contributed by atoms with Crippen LogP contribution in [0.1, 0.15) is 13.8 Å². The van der Waals surface area contributed by atoms with E-state index in [1.165, 1.54) is 0 Å². The maximum atomic E-state index is 10.7. The minimum Gasteiger partial charge on any atom is -0.460 e. The van der Waals surface area contributed by atoms with Crippen LogP contribution in [-0.4, -0.2) is 38.9 Å². The van der Waals surface area contributed by atoms with Gasteiger partial charge in [-0.3, -0.25) is 0 Å². The van der Waals surface area contributed by atoms with Crippen molar-refractivity contribution >= 4 is 5.97 Å². The predicted octanol–water partition coefficient (Wildman–Crippen LogP) is 1.09. The maximum absolute atomic E-state index is 10.7. The van der Waals surface area contributed by atoms with Crippen LogP contribution in [0.5, 0.6) is 0 Å². The Hall–Kier alpha value is -0.910. The summed E-state index contributed by atoms with van der Waals surface area (Å²) in [6, 6.07) is 0. The third-order valence-corrected chi connectivity index (χ3v) is 1.97. The van der Waals surface area contributed by atoms with Crippen LogP contribution in [0.15, 0.2) is 12.7 Å². The van der Waals surface area contributed by atoms with Gasteiger partial charge >= 0.3 is 5.97 Å². The second kappa shape index (κ2) is 5.98. The van der Waals surface area contributed by atoms with Gasteiger partial charge in [0.15, 0.2) is 0 Å². The molecule has 0 aromatic heterocycles. The summed E-state index contributed by atoms with van der Waals surface area (Å²) in [5.41, 5.74) is 0.0230. The lowest BCUT2D eigenvalue weighted by molar-refractivity contribution is -0.335. The van der Waals surface area contributed by atoms with Crippen LogP contribution < -0.4 is 0 Å². The quantitative estimate of drug-likeness (QED) is 0.402. The van der Waals surface area contributed by atoms with Crippen LogP contribution in [0, 0.1) is 5.41 Å². The summed E-state index contributed by atoms with van der Waals surface area (Å²) in [6.07, 6.45) is 1.11. The van der Waals surface area contributed by atoms with Gasteiger partial charge in [0, 0.05) is 11.5 Å². The molecule has 1 saturated heterocycles. The van der Waals surface area contributed by atoms with Crippen LogP contribution in [0.2, 0.25) is 0 Å². The van der Waals surface area contributed by atoms with Gasteiger partial charge < -0.3 is 18.9 Å². The largest absolute Gasteiger partial charge is 0.460 e. The summed E-state index contributed by atoms with van der Waals surface area (Å²) in [7, 11) is 0. The minimum atomic E-state index is -0.657. The molecule has 0 saturated carbocycles. The molecule has 1 fully saturated rings. The predicted molar refractivity (Wildman–Crippen MR) is 56.6 cm³/mol. The zero-order valence-electron chi connectivity index (χ0n) is 9.73. The Kier molecular flexibility index (Phi) is 4.92. The summed E-state index contributed by atoms with van der Waals surface area (Å²) in [6.45, 7) is 8.30. The standard InChI is InChI=1S/C11H18O5/c1-4-9(12)13-5-6-14-10-15-7-11(2,3)8-16-10/h4,10H,1,5-8H2,2-3H3. The van der Waals surface area contributed by atoms with Crippen LogP contribution in [-0.2, 0) is 23.7 Å². The summed E-state index contributed by atoms with van der Waals surface area (Å²) in [5, 5.41) is 0. The SMILES string of the molecule is C=CC(=O)OCCOC1OCC(C)(C)CO1. The van der Waals surface area contributed by atoms with Crippen molar-refractivity contribution in [1.82, 2.24) is 0 Å². The van der Waals surface area contributed by atoms with E-state index in [0.29, 0.717) is 13.2 Å². The lowest BCUT2D eigenvalue weighted by atomic mass is 9.96. The molecule has 0 unspecified atom stereocenters. The number of esters is 1. The van der Waals surface area contributed by atoms with Crippen molar-refractivity contribution in [3.8, 4) is 0 Å². The summed E-state index contributed by atoms with van der Waals surface area (Å²) in [5.74, 6) is -0.463. The highest BCUT2D eigenvalue weighted by molar-refractivity contribution is 5.81. The number of carbonyl (C=O) groups excluding carboxylic acids is 1. The first-order valence-electron chi connectivity index (χ1n) is 5.17. The van der Waals surface area contributed by atoms with Crippen molar-refractivity contribution in [2.45, 2.75) is 20.3 Å². The molecule has 0 spiro atoms. The first kappa shape index (κ1) is 13.2. The van der Waals surface area contributed by atoms with Crippen molar-refractivity contribution in [3.05, 3.63) is 12.7 Å². The fraction of sp³-hybridized carbons (Fsp3) is 0.727. The van der Waals surface area contributed by atoms with E-state index < -0.39 is 12.4 Å². The molecule has 0 radical (unpaired) electrons. The molecule has 92 valence electrons. The van der Waals surface area contributed by atoms with E-state index in [9.17, 15) is 4.79 Å². The molecule has 1 heterocycles. The smallest absolute Gasteiger partial charge is 0.330 e. The molecule has 1 rings (SSSR count). The molecule has 0 amide bonds. The number of hydrogen-bond donors (Lipinski definition) is 0. The lowest BCUT2D eigenvalue weighted by Crippen LogP contribution is -2.39. The van der Waals surface area contributed by atoms with Crippen molar-refractivity contribution in [1.29, 1.82) is 0 Å². The van der Waals surface area contributed by atoms with Crippen LogP contribution in [0.3, 0.4) is 0 Å². The van der Waals surface area contributed by atoms with E-state index >= 15 is 0 Å². The fourth-order valence-corrected chi connectivity index (χ4v) is 1.12. The van der Waals surface area contributed by atoms with Gasteiger partial charge in [0.2, 0.25) is 0 Å². The Labute approximate surface area is 95.3 Å². The van der Waals surface area contributed by atoms with Crippen molar-refractivity contribution in [2.24, 2.45) is 5.41 Å². The number of ether oxygens (including phenoxy) is 4.